The van der Waals surface area contributed by atoms with Gasteiger partial charge >= 0.3 is 0 Å². The normalized spacial score (nSPS) is 17.1. The fraction of sp³-hybridized carbons (Fsp3) is 0.375. The standard InChI is InChI=1S/C24H28N2O/c27-24(22-9-5-8-20-6-1-2-7-21(20)18-22)25-23-12-10-19(11-13-23)14-17-26-15-3-4-16-26/h1-2,6-7,10-13,18H,3-5,8-9,14-17H2,(H,25,27). The average molecular weight is 361 g/mol. The number of carbonyl (C=O) groups excluding carboxylic acids is 1. The molecule has 0 unspecified atom stereocenters. The molecule has 2 aromatic rings. The van der Waals surface area contributed by atoms with Crippen LogP contribution in [0.2, 0.25) is 0 Å². The number of fused-ring (bicyclic) bond motifs is 1. The first-order chi connectivity index (χ1) is 13.3. The third-order valence-electron chi connectivity index (χ3n) is 5.70. The highest BCUT2D eigenvalue weighted by molar-refractivity contribution is 6.06. The van der Waals surface area contributed by atoms with Crippen molar-refractivity contribution in [3.05, 3.63) is 70.8 Å². The Hall–Kier alpha value is -2.39. The molecule has 1 saturated heterocycles. The fourth-order valence-corrected chi connectivity index (χ4v) is 4.07. The fourth-order valence-electron chi connectivity index (χ4n) is 4.07. The molecule has 1 amide bonds. The van der Waals surface area contributed by atoms with E-state index in [2.05, 4.69) is 46.6 Å². The number of nitrogens with one attached hydrogen (secondary N) is 1. The third kappa shape index (κ3) is 4.67. The molecule has 140 valence electrons. The van der Waals surface area contributed by atoms with Gasteiger partial charge in [0.25, 0.3) is 5.91 Å². The molecule has 1 heterocycles. The van der Waals surface area contributed by atoms with Crippen LogP contribution in [0.5, 0.6) is 0 Å². The molecule has 1 aliphatic heterocycles. The van der Waals surface area contributed by atoms with Crippen molar-refractivity contribution in [1.29, 1.82) is 0 Å². The van der Waals surface area contributed by atoms with E-state index in [9.17, 15) is 4.79 Å². The topological polar surface area (TPSA) is 32.3 Å². The minimum Gasteiger partial charge on any atom is -0.322 e. The van der Waals surface area contributed by atoms with Gasteiger partial charge in [0, 0.05) is 17.8 Å². The summed E-state index contributed by atoms with van der Waals surface area (Å²) >= 11 is 0. The highest BCUT2D eigenvalue weighted by atomic mass is 16.1. The molecule has 3 heteroatoms. The molecule has 1 aliphatic carbocycles. The van der Waals surface area contributed by atoms with Gasteiger partial charge in [0.05, 0.1) is 0 Å². The summed E-state index contributed by atoms with van der Waals surface area (Å²) in [4.78, 5) is 15.3. The smallest absolute Gasteiger partial charge is 0.251 e. The van der Waals surface area contributed by atoms with Gasteiger partial charge in [0.1, 0.15) is 0 Å². The second-order valence-corrected chi connectivity index (χ2v) is 7.67. The Labute approximate surface area is 162 Å². The Kier molecular flexibility index (Phi) is 5.69. The molecule has 1 N–H and O–H groups in total. The van der Waals surface area contributed by atoms with Crippen molar-refractivity contribution in [1.82, 2.24) is 4.90 Å². The highest BCUT2D eigenvalue weighted by Gasteiger charge is 2.15. The van der Waals surface area contributed by atoms with Crippen molar-refractivity contribution >= 4 is 17.7 Å². The maximum absolute atomic E-state index is 12.7. The van der Waals surface area contributed by atoms with Crippen molar-refractivity contribution in [2.24, 2.45) is 0 Å². The van der Waals surface area contributed by atoms with Crippen LogP contribution in [0.3, 0.4) is 0 Å². The lowest BCUT2D eigenvalue weighted by atomic mass is 10.1. The van der Waals surface area contributed by atoms with Crippen LogP contribution in [0, 0.1) is 0 Å². The van der Waals surface area contributed by atoms with Crippen LogP contribution < -0.4 is 5.32 Å². The van der Waals surface area contributed by atoms with Crippen LogP contribution in [0.15, 0.2) is 54.1 Å². The van der Waals surface area contributed by atoms with Crippen molar-refractivity contribution in [3.63, 3.8) is 0 Å². The van der Waals surface area contributed by atoms with Gasteiger partial charge < -0.3 is 10.2 Å². The number of hydrogen-bond donors (Lipinski definition) is 1. The Balaban J connectivity index is 1.37. The third-order valence-corrected chi connectivity index (χ3v) is 5.70. The average Bonchev–Trinajstić information content (AvgIpc) is 3.12. The lowest BCUT2D eigenvalue weighted by molar-refractivity contribution is -0.112. The van der Waals surface area contributed by atoms with Gasteiger partial charge in [-0.25, -0.2) is 0 Å². The van der Waals surface area contributed by atoms with Gasteiger partial charge in [-0.15, -0.1) is 0 Å². The Morgan fingerprint density at radius 1 is 0.926 bits per heavy atom. The number of anilines is 1. The number of hydrogen-bond acceptors (Lipinski definition) is 2. The molecule has 2 aromatic carbocycles. The molecule has 4 rings (SSSR count). The predicted octanol–water partition coefficient (Wildman–Crippen LogP) is 4.68. The van der Waals surface area contributed by atoms with Gasteiger partial charge in [0.15, 0.2) is 0 Å². The van der Waals surface area contributed by atoms with Crippen LogP contribution in [-0.2, 0) is 17.6 Å². The van der Waals surface area contributed by atoms with E-state index in [0.717, 1.165) is 43.5 Å². The molecule has 27 heavy (non-hydrogen) atoms. The van der Waals surface area contributed by atoms with Crippen LogP contribution in [-0.4, -0.2) is 30.4 Å². The Morgan fingerprint density at radius 2 is 1.70 bits per heavy atom. The minimum absolute atomic E-state index is 0.0246. The lowest BCUT2D eigenvalue weighted by Gasteiger charge is -2.14. The van der Waals surface area contributed by atoms with Crippen LogP contribution in [0.1, 0.15) is 42.4 Å². The first-order valence-electron chi connectivity index (χ1n) is 10.2. The van der Waals surface area contributed by atoms with Crippen molar-refractivity contribution in [2.45, 2.75) is 38.5 Å². The van der Waals surface area contributed by atoms with Crippen molar-refractivity contribution in [3.8, 4) is 0 Å². The lowest BCUT2D eigenvalue weighted by Crippen LogP contribution is -2.21. The zero-order valence-corrected chi connectivity index (χ0v) is 15.9. The molecular weight excluding hydrogens is 332 g/mol. The number of carbonyl (C=O) groups is 1. The summed E-state index contributed by atoms with van der Waals surface area (Å²) in [5, 5.41) is 3.08. The van der Waals surface area contributed by atoms with Gasteiger partial charge in [-0.1, -0.05) is 36.4 Å². The molecule has 0 aromatic heterocycles. The molecule has 0 bridgehead atoms. The van der Waals surface area contributed by atoms with Crippen LogP contribution in [0.25, 0.3) is 6.08 Å². The summed E-state index contributed by atoms with van der Waals surface area (Å²) in [6.07, 6.45) is 8.70. The molecule has 0 radical (unpaired) electrons. The number of likely N-dealkylation sites (tertiary alicyclic amines) is 1. The summed E-state index contributed by atoms with van der Waals surface area (Å²) in [5.74, 6) is 0.0246. The van der Waals surface area contributed by atoms with Gasteiger partial charge in [-0.3, -0.25) is 4.79 Å². The van der Waals surface area contributed by atoms with E-state index in [1.807, 2.05) is 18.2 Å². The SMILES string of the molecule is O=C(Nc1ccc(CCN2CCCC2)cc1)C1=Cc2ccccc2CCC1. The van der Waals surface area contributed by atoms with E-state index in [0.29, 0.717) is 0 Å². The van der Waals surface area contributed by atoms with E-state index in [1.165, 1.54) is 42.6 Å². The minimum atomic E-state index is 0.0246. The summed E-state index contributed by atoms with van der Waals surface area (Å²) in [6, 6.07) is 16.7. The zero-order chi connectivity index (χ0) is 18.5. The van der Waals surface area contributed by atoms with Crippen molar-refractivity contribution < 1.29 is 4.79 Å². The van der Waals surface area contributed by atoms with Gasteiger partial charge in [-0.05, 0) is 86.5 Å². The quantitative estimate of drug-likeness (QED) is 0.839. The summed E-state index contributed by atoms with van der Waals surface area (Å²) in [5.41, 5.74) is 5.60. The van der Waals surface area contributed by atoms with E-state index in [4.69, 9.17) is 0 Å². The molecule has 0 saturated carbocycles. The first kappa shape index (κ1) is 18.0. The number of amides is 1. The van der Waals surface area contributed by atoms with Crippen LogP contribution >= 0.6 is 0 Å². The maximum Gasteiger partial charge on any atom is 0.251 e. The second-order valence-electron chi connectivity index (χ2n) is 7.67. The van der Waals surface area contributed by atoms with Crippen molar-refractivity contribution in [2.75, 3.05) is 25.0 Å². The number of aryl methyl sites for hydroxylation is 1. The largest absolute Gasteiger partial charge is 0.322 e. The Bertz CT molecular complexity index is 817. The van der Waals surface area contributed by atoms with E-state index in [1.54, 1.807) is 0 Å². The molecule has 3 nitrogen and oxygen atoms in total. The van der Waals surface area contributed by atoms with E-state index in [-0.39, 0.29) is 5.91 Å². The van der Waals surface area contributed by atoms with E-state index < -0.39 is 0 Å². The summed E-state index contributed by atoms with van der Waals surface area (Å²) in [6.45, 7) is 3.62. The molecular formula is C24H28N2O. The van der Waals surface area contributed by atoms with Crippen LogP contribution in [0.4, 0.5) is 5.69 Å². The zero-order valence-electron chi connectivity index (χ0n) is 15.9. The summed E-state index contributed by atoms with van der Waals surface area (Å²) < 4.78 is 0. The second kappa shape index (κ2) is 8.53. The number of nitrogens with zero attached hydrogens (tertiary/aromatic N) is 1. The first-order valence-corrected chi connectivity index (χ1v) is 10.2. The molecule has 0 spiro atoms. The maximum atomic E-state index is 12.7. The summed E-state index contributed by atoms with van der Waals surface area (Å²) in [7, 11) is 0. The number of benzene rings is 2. The molecule has 2 aliphatic rings. The highest BCUT2D eigenvalue weighted by Crippen LogP contribution is 2.24. The van der Waals surface area contributed by atoms with Gasteiger partial charge in [-0.2, -0.15) is 0 Å². The Morgan fingerprint density at radius 3 is 2.52 bits per heavy atom. The monoisotopic (exact) mass is 360 g/mol. The predicted molar refractivity (Wildman–Crippen MR) is 112 cm³/mol. The van der Waals surface area contributed by atoms with E-state index >= 15 is 0 Å². The van der Waals surface area contributed by atoms with Gasteiger partial charge in [0.2, 0.25) is 0 Å². The molecule has 1 fully saturated rings. The number of rotatable bonds is 5. The molecule has 0 atom stereocenters.